The Balaban J connectivity index is 2.22. The van der Waals surface area contributed by atoms with Crippen molar-refractivity contribution in [2.75, 3.05) is 12.3 Å². The van der Waals surface area contributed by atoms with E-state index in [-0.39, 0.29) is 6.01 Å². The maximum absolute atomic E-state index is 5.50. The van der Waals surface area contributed by atoms with Crippen molar-refractivity contribution in [1.82, 2.24) is 10.2 Å². The third kappa shape index (κ3) is 2.31. The van der Waals surface area contributed by atoms with Crippen LogP contribution in [0, 0.1) is 0 Å². The first kappa shape index (κ1) is 10.5. The molecule has 16 heavy (non-hydrogen) atoms. The monoisotopic (exact) mass is 219 g/mol. The van der Waals surface area contributed by atoms with E-state index in [1.807, 2.05) is 24.3 Å². The van der Waals surface area contributed by atoms with Gasteiger partial charge in [0.05, 0.1) is 6.61 Å². The van der Waals surface area contributed by atoms with Crippen molar-refractivity contribution in [3.8, 4) is 17.2 Å². The largest absolute Gasteiger partial charge is 0.494 e. The van der Waals surface area contributed by atoms with Crippen LogP contribution in [0.1, 0.15) is 13.3 Å². The second-order valence-electron chi connectivity index (χ2n) is 3.32. The molecule has 0 bridgehead atoms. The standard InChI is InChI=1S/C11H13N3O2/c1-2-6-15-9-5-3-4-8(7-9)10-13-14-11(12)16-10/h3-5,7H,2,6H2,1H3,(H2,12,14). The fourth-order valence-corrected chi connectivity index (χ4v) is 1.29. The predicted molar refractivity (Wildman–Crippen MR) is 59.9 cm³/mol. The number of anilines is 1. The number of ether oxygens (including phenoxy) is 1. The van der Waals surface area contributed by atoms with E-state index in [2.05, 4.69) is 17.1 Å². The number of rotatable bonds is 4. The van der Waals surface area contributed by atoms with Crippen LogP contribution in [0.5, 0.6) is 5.75 Å². The van der Waals surface area contributed by atoms with Gasteiger partial charge in [0, 0.05) is 5.56 Å². The van der Waals surface area contributed by atoms with Gasteiger partial charge in [-0.05, 0) is 24.6 Å². The van der Waals surface area contributed by atoms with Crippen LogP contribution in [0.25, 0.3) is 11.5 Å². The van der Waals surface area contributed by atoms with Crippen molar-refractivity contribution in [3.05, 3.63) is 24.3 Å². The molecule has 0 spiro atoms. The Morgan fingerprint density at radius 2 is 2.25 bits per heavy atom. The van der Waals surface area contributed by atoms with E-state index in [9.17, 15) is 0 Å². The maximum atomic E-state index is 5.50. The SMILES string of the molecule is CCCOc1cccc(-c2nnc(N)o2)c1. The number of benzene rings is 1. The zero-order chi connectivity index (χ0) is 11.4. The first-order chi connectivity index (χ1) is 7.79. The van der Waals surface area contributed by atoms with Gasteiger partial charge in [0.15, 0.2) is 0 Å². The second kappa shape index (κ2) is 4.65. The number of nitrogen functional groups attached to an aromatic ring is 1. The second-order valence-corrected chi connectivity index (χ2v) is 3.32. The van der Waals surface area contributed by atoms with E-state index in [1.54, 1.807) is 0 Å². The molecular formula is C11H13N3O2. The molecule has 0 fully saturated rings. The zero-order valence-corrected chi connectivity index (χ0v) is 9.01. The topological polar surface area (TPSA) is 74.2 Å². The van der Waals surface area contributed by atoms with Crippen molar-refractivity contribution >= 4 is 6.01 Å². The normalized spacial score (nSPS) is 10.3. The first-order valence-electron chi connectivity index (χ1n) is 5.12. The van der Waals surface area contributed by atoms with Crippen molar-refractivity contribution < 1.29 is 9.15 Å². The smallest absolute Gasteiger partial charge is 0.313 e. The zero-order valence-electron chi connectivity index (χ0n) is 9.01. The molecule has 5 nitrogen and oxygen atoms in total. The van der Waals surface area contributed by atoms with E-state index in [4.69, 9.17) is 14.9 Å². The lowest BCUT2D eigenvalue weighted by Gasteiger charge is -2.04. The quantitative estimate of drug-likeness (QED) is 0.852. The van der Waals surface area contributed by atoms with E-state index >= 15 is 0 Å². The van der Waals surface area contributed by atoms with Crippen molar-refractivity contribution in [3.63, 3.8) is 0 Å². The molecule has 0 aliphatic rings. The number of aromatic nitrogens is 2. The minimum atomic E-state index is 0.0647. The summed E-state index contributed by atoms with van der Waals surface area (Å²) < 4.78 is 10.6. The molecule has 2 N–H and O–H groups in total. The van der Waals surface area contributed by atoms with Crippen LogP contribution >= 0.6 is 0 Å². The van der Waals surface area contributed by atoms with Gasteiger partial charge in [-0.1, -0.05) is 18.1 Å². The summed E-state index contributed by atoms with van der Waals surface area (Å²) in [5, 5.41) is 7.42. The Hall–Kier alpha value is -2.04. The van der Waals surface area contributed by atoms with Crippen LogP contribution in [0.2, 0.25) is 0 Å². The van der Waals surface area contributed by atoms with Crippen molar-refractivity contribution in [2.45, 2.75) is 13.3 Å². The summed E-state index contributed by atoms with van der Waals surface area (Å²) in [4.78, 5) is 0. The summed E-state index contributed by atoms with van der Waals surface area (Å²) in [5.74, 6) is 1.19. The van der Waals surface area contributed by atoms with Gasteiger partial charge in [0.2, 0.25) is 5.89 Å². The molecule has 5 heteroatoms. The number of hydrogen-bond donors (Lipinski definition) is 1. The minimum Gasteiger partial charge on any atom is -0.494 e. The van der Waals surface area contributed by atoms with E-state index < -0.39 is 0 Å². The van der Waals surface area contributed by atoms with E-state index in [1.165, 1.54) is 0 Å². The number of nitrogens with two attached hydrogens (primary N) is 1. The summed E-state index contributed by atoms with van der Waals surface area (Å²) in [6, 6.07) is 7.54. The van der Waals surface area contributed by atoms with Crippen LogP contribution < -0.4 is 10.5 Å². The highest BCUT2D eigenvalue weighted by molar-refractivity contribution is 5.55. The molecule has 0 saturated heterocycles. The van der Waals surface area contributed by atoms with Gasteiger partial charge >= 0.3 is 6.01 Å². The third-order valence-electron chi connectivity index (χ3n) is 1.99. The van der Waals surface area contributed by atoms with Gasteiger partial charge in [-0.15, -0.1) is 5.10 Å². The lowest BCUT2D eigenvalue weighted by molar-refractivity contribution is 0.317. The molecule has 2 rings (SSSR count). The summed E-state index contributed by atoms with van der Waals surface area (Å²) >= 11 is 0. The lowest BCUT2D eigenvalue weighted by Crippen LogP contribution is -1.94. The molecule has 1 aromatic carbocycles. The summed E-state index contributed by atoms with van der Waals surface area (Å²) in [6.45, 7) is 2.75. The highest BCUT2D eigenvalue weighted by Gasteiger charge is 2.06. The Bertz CT molecular complexity index is 468. The van der Waals surface area contributed by atoms with E-state index in [0.29, 0.717) is 12.5 Å². The molecule has 0 radical (unpaired) electrons. The Morgan fingerprint density at radius 3 is 2.94 bits per heavy atom. The van der Waals surface area contributed by atoms with Crippen LogP contribution in [0.3, 0.4) is 0 Å². The van der Waals surface area contributed by atoms with Gasteiger partial charge in [-0.25, -0.2) is 0 Å². The predicted octanol–water partition coefficient (Wildman–Crippen LogP) is 2.11. The fraction of sp³-hybridized carbons (Fsp3) is 0.273. The first-order valence-corrected chi connectivity index (χ1v) is 5.12. The molecule has 2 aromatic rings. The van der Waals surface area contributed by atoms with Gasteiger partial charge in [0.1, 0.15) is 5.75 Å². The molecule has 1 heterocycles. The van der Waals surface area contributed by atoms with Gasteiger partial charge in [0.25, 0.3) is 0 Å². The molecule has 0 atom stereocenters. The Labute approximate surface area is 93.2 Å². The van der Waals surface area contributed by atoms with Crippen LogP contribution in [0.15, 0.2) is 28.7 Å². The average molecular weight is 219 g/mol. The molecule has 0 saturated carbocycles. The molecule has 84 valence electrons. The molecule has 0 amide bonds. The Kier molecular flexibility index (Phi) is 3.05. The highest BCUT2D eigenvalue weighted by atomic mass is 16.5. The molecular weight excluding hydrogens is 206 g/mol. The molecule has 1 aromatic heterocycles. The van der Waals surface area contributed by atoms with Crippen LogP contribution in [0.4, 0.5) is 6.01 Å². The molecule has 0 unspecified atom stereocenters. The van der Waals surface area contributed by atoms with Crippen LogP contribution in [-0.4, -0.2) is 16.8 Å². The fourth-order valence-electron chi connectivity index (χ4n) is 1.29. The van der Waals surface area contributed by atoms with Gasteiger partial charge in [-0.2, -0.15) is 0 Å². The highest BCUT2D eigenvalue weighted by Crippen LogP contribution is 2.23. The summed E-state index contributed by atoms with van der Waals surface area (Å²) in [7, 11) is 0. The number of nitrogens with zero attached hydrogens (tertiary/aromatic N) is 2. The average Bonchev–Trinajstić information content (AvgIpc) is 2.74. The Morgan fingerprint density at radius 1 is 1.38 bits per heavy atom. The van der Waals surface area contributed by atoms with Gasteiger partial charge < -0.3 is 14.9 Å². The van der Waals surface area contributed by atoms with Crippen molar-refractivity contribution in [1.29, 1.82) is 0 Å². The number of hydrogen-bond acceptors (Lipinski definition) is 5. The lowest BCUT2D eigenvalue weighted by atomic mass is 10.2. The summed E-state index contributed by atoms with van der Waals surface area (Å²) in [6.07, 6.45) is 0.970. The summed E-state index contributed by atoms with van der Waals surface area (Å²) in [5.41, 5.74) is 6.17. The van der Waals surface area contributed by atoms with E-state index in [0.717, 1.165) is 17.7 Å². The maximum Gasteiger partial charge on any atom is 0.313 e. The van der Waals surface area contributed by atoms with Gasteiger partial charge in [-0.3, -0.25) is 0 Å². The van der Waals surface area contributed by atoms with Crippen LogP contribution in [-0.2, 0) is 0 Å². The third-order valence-corrected chi connectivity index (χ3v) is 1.99. The molecule has 0 aliphatic carbocycles. The van der Waals surface area contributed by atoms with Crippen molar-refractivity contribution in [2.24, 2.45) is 0 Å². The minimum absolute atomic E-state index is 0.0647. The molecule has 0 aliphatic heterocycles.